The molecule has 1 amide bonds. The molecule has 0 aliphatic carbocycles. The van der Waals surface area contributed by atoms with Crippen LogP contribution in [0, 0.1) is 0 Å². The number of benzene rings is 3. The van der Waals surface area contributed by atoms with Gasteiger partial charge in [0.15, 0.2) is 11.5 Å². The van der Waals surface area contributed by atoms with E-state index in [9.17, 15) is 4.79 Å². The van der Waals surface area contributed by atoms with Crippen molar-refractivity contribution in [3.8, 4) is 11.5 Å². The lowest BCUT2D eigenvalue weighted by atomic mass is 10.1. The Morgan fingerprint density at radius 1 is 0.969 bits per heavy atom. The Morgan fingerprint density at radius 2 is 1.72 bits per heavy atom. The number of amides is 1. The third-order valence-corrected chi connectivity index (χ3v) is 5.91. The number of hydrogen-bond donors (Lipinski definition) is 0. The summed E-state index contributed by atoms with van der Waals surface area (Å²) < 4.78 is 11.5. The second kappa shape index (κ2) is 11.3. The van der Waals surface area contributed by atoms with Gasteiger partial charge in [-0.3, -0.25) is 4.79 Å². The van der Waals surface area contributed by atoms with Crippen LogP contribution in [-0.2, 0) is 13.2 Å². The van der Waals surface area contributed by atoms with Crippen LogP contribution in [0.2, 0.25) is 10.0 Å². The molecule has 0 saturated carbocycles. The van der Waals surface area contributed by atoms with E-state index in [0.29, 0.717) is 40.3 Å². The van der Waals surface area contributed by atoms with Crippen molar-refractivity contribution in [2.75, 3.05) is 7.11 Å². The molecule has 0 saturated heterocycles. The lowest BCUT2D eigenvalue weighted by Gasteiger charge is -2.29. The van der Waals surface area contributed by atoms with Gasteiger partial charge in [0.1, 0.15) is 6.61 Å². The van der Waals surface area contributed by atoms with E-state index >= 15 is 0 Å². The van der Waals surface area contributed by atoms with E-state index in [2.05, 4.69) is 6.92 Å². The smallest absolute Gasteiger partial charge is 0.255 e. The Balaban J connectivity index is 1.85. The van der Waals surface area contributed by atoms with Crippen molar-refractivity contribution in [3.05, 3.63) is 93.5 Å². The number of methoxy groups -OCH3 is 1. The quantitative estimate of drug-likeness (QED) is 0.336. The van der Waals surface area contributed by atoms with Gasteiger partial charge in [0.05, 0.1) is 17.7 Å². The lowest BCUT2D eigenvalue weighted by Crippen LogP contribution is -2.38. The molecule has 32 heavy (non-hydrogen) atoms. The number of hydrogen-bond acceptors (Lipinski definition) is 3. The van der Waals surface area contributed by atoms with Crippen LogP contribution >= 0.6 is 23.2 Å². The van der Waals surface area contributed by atoms with E-state index in [-0.39, 0.29) is 11.9 Å². The fourth-order valence-electron chi connectivity index (χ4n) is 3.33. The Hall–Kier alpha value is -2.69. The molecule has 1 unspecified atom stereocenters. The molecule has 0 radical (unpaired) electrons. The van der Waals surface area contributed by atoms with Crippen molar-refractivity contribution in [3.63, 3.8) is 0 Å². The number of nitrogens with zero attached hydrogens (tertiary/aromatic N) is 1. The highest BCUT2D eigenvalue weighted by molar-refractivity contribution is 6.36. The highest BCUT2D eigenvalue weighted by Crippen LogP contribution is 2.30. The van der Waals surface area contributed by atoms with Crippen LogP contribution < -0.4 is 9.47 Å². The Labute approximate surface area is 199 Å². The topological polar surface area (TPSA) is 38.8 Å². The minimum atomic E-state index is -0.136. The molecule has 0 bridgehead atoms. The zero-order valence-electron chi connectivity index (χ0n) is 18.5. The molecule has 3 aromatic rings. The highest BCUT2D eigenvalue weighted by Gasteiger charge is 2.23. The van der Waals surface area contributed by atoms with Gasteiger partial charge in [0, 0.05) is 17.6 Å². The first-order valence-electron chi connectivity index (χ1n) is 10.5. The minimum absolute atomic E-state index is 0.0185. The SMILES string of the molecule is CCC(C)N(Cc1ccc(OC)c(OCc2ccccc2)c1)C(=O)c1ccc(Cl)cc1Cl. The molecule has 0 aliphatic heterocycles. The van der Waals surface area contributed by atoms with Crippen molar-refractivity contribution < 1.29 is 14.3 Å². The van der Waals surface area contributed by atoms with Crippen LogP contribution in [0.1, 0.15) is 41.8 Å². The van der Waals surface area contributed by atoms with Crippen molar-refractivity contribution in [2.45, 2.75) is 39.5 Å². The predicted molar refractivity (Wildman–Crippen MR) is 130 cm³/mol. The second-order valence-corrected chi connectivity index (χ2v) is 8.42. The lowest BCUT2D eigenvalue weighted by molar-refractivity contribution is 0.0671. The van der Waals surface area contributed by atoms with Gasteiger partial charge in [-0.2, -0.15) is 0 Å². The summed E-state index contributed by atoms with van der Waals surface area (Å²) >= 11 is 12.3. The maximum absolute atomic E-state index is 13.3. The van der Waals surface area contributed by atoms with Crippen molar-refractivity contribution in [1.29, 1.82) is 0 Å². The number of rotatable bonds is 9. The number of carbonyl (C=O) groups excluding carboxylic acids is 1. The summed E-state index contributed by atoms with van der Waals surface area (Å²) in [4.78, 5) is 15.2. The van der Waals surface area contributed by atoms with Crippen LogP contribution in [0.5, 0.6) is 11.5 Å². The van der Waals surface area contributed by atoms with E-state index in [4.69, 9.17) is 32.7 Å². The summed E-state index contributed by atoms with van der Waals surface area (Å²) in [7, 11) is 1.61. The molecule has 1 atom stereocenters. The molecule has 0 N–H and O–H groups in total. The van der Waals surface area contributed by atoms with Crippen LogP contribution in [0.25, 0.3) is 0 Å². The predicted octanol–water partition coefficient (Wildman–Crippen LogP) is 7.02. The Kier molecular flexibility index (Phi) is 8.43. The average Bonchev–Trinajstić information content (AvgIpc) is 2.81. The number of carbonyl (C=O) groups is 1. The van der Waals surface area contributed by atoms with E-state index in [1.54, 1.807) is 25.3 Å². The summed E-state index contributed by atoms with van der Waals surface area (Å²) in [6, 6.07) is 20.6. The molecule has 4 nitrogen and oxygen atoms in total. The zero-order valence-corrected chi connectivity index (χ0v) is 20.0. The van der Waals surface area contributed by atoms with Gasteiger partial charge in [-0.25, -0.2) is 0 Å². The molecule has 3 rings (SSSR count). The first-order valence-corrected chi connectivity index (χ1v) is 11.3. The molecular weight excluding hydrogens is 445 g/mol. The van der Waals surface area contributed by atoms with Crippen molar-refractivity contribution in [1.82, 2.24) is 4.90 Å². The van der Waals surface area contributed by atoms with Gasteiger partial charge >= 0.3 is 0 Å². The van der Waals surface area contributed by atoms with Crippen LogP contribution in [-0.4, -0.2) is 24.0 Å². The van der Waals surface area contributed by atoms with Gasteiger partial charge in [0.25, 0.3) is 5.91 Å². The Morgan fingerprint density at radius 3 is 2.38 bits per heavy atom. The summed E-state index contributed by atoms with van der Waals surface area (Å²) in [6.07, 6.45) is 0.810. The third kappa shape index (κ3) is 5.96. The summed E-state index contributed by atoms with van der Waals surface area (Å²) in [5.41, 5.74) is 2.44. The van der Waals surface area contributed by atoms with E-state index < -0.39 is 0 Å². The van der Waals surface area contributed by atoms with Gasteiger partial charge in [-0.05, 0) is 54.8 Å². The van der Waals surface area contributed by atoms with E-state index in [1.807, 2.05) is 60.4 Å². The van der Waals surface area contributed by atoms with Crippen LogP contribution in [0.15, 0.2) is 66.7 Å². The average molecular weight is 472 g/mol. The largest absolute Gasteiger partial charge is 0.493 e. The number of ether oxygens (including phenoxy) is 2. The molecular formula is C26H27Cl2NO3. The molecule has 3 aromatic carbocycles. The second-order valence-electron chi connectivity index (χ2n) is 7.57. The Bertz CT molecular complexity index is 1060. The highest BCUT2D eigenvalue weighted by atomic mass is 35.5. The van der Waals surface area contributed by atoms with Gasteiger partial charge in [-0.15, -0.1) is 0 Å². The van der Waals surface area contributed by atoms with Gasteiger partial charge < -0.3 is 14.4 Å². The summed E-state index contributed by atoms with van der Waals surface area (Å²) in [5.74, 6) is 1.14. The molecule has 6 heteroatoms. The minimum Gasteiger partial charge on any atom is -0.493 e. The number of halogens is 2. The monoisotopic (exact) mass is 471 g/mol. The van der Waals surface area contributed by atoms with Crippen molar-refractivity contribution in [2.24, 2.45) is 0 Å². The molecule has 0 aliphatic rings. The first kappa shape index (κ1) is 24.0. The maximum atomic E-state index is 13.3. The van der Waals surface area contributed by atoms with Gasteiger partial charge in [0.2, 0.25) is 0 Å². The first-order chi connectivity index (χ1) is 15.4. The van der Waals surface area contributed by atoms with Crippen LogP contribution in [0.3, 0.4) is 0 Å². The maximum Gasteiger partial charge on any atom is 0.255 e. The zero-order chi connectivity index (χ0) is 23.1. The fourth-order valence-corrected chi connectivity index (χ4v) is 3.82. The summed E-state index contributed by atoms with van der Waals surface area (Å²) in [5, 5.41) is 0.842. The van der Waals surface area contributed by atoms with Crippen LogP contribution in [0.4, 0.5) is 0 Å². The van der Waals surface area contributed by atoms with E-state index in [1.165, 1.54) is 0 Å². The fraction of sp³-hybridized carbons (Fsp3) is 0.269. The molecule has 0 spiro atoms. The third-order valence-electron chi connectivity index (χ3n) is 5.36. The molecule has 0 fully saturated rings. The van der Waals surface area contributed by atoms with Crippen molar-refractivity contribution >= 4 is 29.1 Å². The molecule has 0 heterocycles. The normalized spacial score (nSPS) is 11.7. The van der Waals surface area contributed by atoms with Gasteiger partial charge in [-0.1, -0.05) is 66.5 Å². The molecule has 168 valence electrons. The molecule has 0 aromatic heterocycles. The summed E-state index contributed by atoms with van der Waals surface area (Å²) in [6.45, 7) is 4.92. The van der Waals surface area contributed by atoms with E-state index in [0.717, 1.165) is 17.5 Å². The standard InChI is InChI=1S/C26H27Cl2NO3/c1-4-18(2)29(26(30)22-12-11-21(27)15-23(22)28)16-20-10-13-24(31-3)25(14-20)32-17-19-8-6-5-7-9-19/h5-15,18H,4,16-17H2,1-3H3.